The molecule has 10 heteroatoms. The summed E-state index contributed by atoms with van der Waals surface area (Å²) in [7, 11) is 0. The summed E-state index contributed by atoms with van der Waals surface area (Å²) in [6.45, 7) is 3.52. The number of aliphatic carboxylic acids is 1. The molecule has 3 rings (SSSR count). The molecular formula is C17H19N2NaO5S2. The number of aromatic hydroxyl groups is 1. The summed E-state index contributed by atoms with van der Waals surface area (Å²) in [6, 6.07) is 5.02. The summed E-state index contributed by atoms with van der Waals surface area (Å²) in [5.41, 5.74) is 0. The third-order valence-electron chi connectivity index (χ3n) is 4.42. The third-order valence-corrected chi connectivity index (χ3v) is 7.00. The molecule has 2 N–H and O–H groups in total. The van der Waals surface area contributed by atoms with Gasteiger partial charge in [-0.05, 0) is 38.1 Å². The first-order valence-electron chi connectivity index (χ1n) is 8.13. The van der Waals surface area contributed by atoms with E-state index in [9.17, 15) is 24.6 Å². The molecule has 7 nitrogen and oxygen atoms in total. The monoisotopic (exact) mass is 418 g/mol. The fourth-order valence-electron chi connectivity index (χ4n) is 3.18. The minimum atomic E-state index is -1.27. The van der Waals surface area contributed by atoms with Crippen LogP contribution in [-0.4, -0.2) is 55.7 Å². The van der Waals surface area contributed by atoms with Gasteiger partial charge in [0.05, 0.1) is 12.0 Å². The number of hydrogen-bond donors (Lipinski definition) is 2. The van der Waals surface area contributed by atoms with Gasteiger partial charge in [0, 0.05) is 21.8 Å². The van der Waals surface area contributed by atoms with Crippen LogP contribution in [0.2, 0.25) is 0 Å². The Bertz CT molecular complexity index is 743. The van der Waals surface area contributed by atoms with Gasteiger partial charge in [0.25, 0.3) is 0 Å². The summed E-state index contributed by atoms with van der Waals surface area (Å²) >= 11 is 2.85. The van der Waals surface area contributed by atoms with E-state index >= 15 is 0 Å². The largest absolute Gasteiger partial charge is 1.00 e. The second kappa shape index (κ2) is 8.65. The van der Waals surface area contributed by atoms with Gasteiger partial charge in [-0.1, -0.05) is 0 Å². The van der Waals surface area contributed by atoms with Gasteiger partial charge in [-0.2, -0.15) is 0 Å². The molecule has 0 saturated carbocycles. The van der Waals surface area contributed by atoms with Gasteiger partial charge in [0.1, 0.15) is 17.2 Å². The second-order valence-corrected chi connectivity index (χ2v) is 9.66. The van der Waals surface area contributed by atoms with E-state index in [2.05, 4.69) is 5.32 Å². The smallest absolute Gasteiger partial charge is 0.548 e. The molecule has 1 aromatic rings. The number of benzene rings is 1. The van der Waals surface area contributed by atoms with E-state index < -0.39 is 22.8 Å². The number of thioether (sulfide) groups is 2. The number of nitrogens with zero attached hydrogens (tertiary/aromatic N) is 1. The Morgan fingerprint density at radius 2 is 1.96 bits per heavy atom. The number of carbonyl (C=O) groups excluding carboxylic acids is 3. The third kappa shape index (κ3) is 4.59. The van der Waals surface area contributed by atoms with Gasteiger partial charge in [-0.25, -0.2) is 0 Å². The Morgan fingerprint density at radius 3 is 2.56 bits per heavy atom. The Kier molecular flexibility index (Phi) is 7.18. The van der Waals surface area contributed by atoms with Crippen molar-refractivity contribution in [2.24, 2.45) is 0 Å². The zero-order chi connectivity index (χ0) is 19.1. The van der Waals surface area contributed by atoms with Crippen molar-refractivity contribution < 1.29 is 54.2 Å². The molecule has 2 amide bonds. The molecular weight excluding hydrogens is 399 g/mol. The van der Waals surface area contributed by atoms with Gasteiger partial charge in [-0.3, -0.25) is 9.59 Å². The Morgan fingerprint density at radius 1 is 1.33 bits per heavy atom. The zero-order valence-corrected chi connectivity index (χ0v) is 18.9. The SMILES string of the molecule is CC1(C)S[C@@H]2[C@H](NC(=O)CCSc3ccc(O)cc3)C(=O)N2[C@H]1C(=O)[O-].[Na+]. The molecule has 2 aliphatic heterocycles. The maximum Gasteiger partial charge on any atom is 1.00 e. The van der Waals surface area contributed by atoms with Crippen LogP contribution in [-0.2, 0) is 14.4 Å². The van der Waals surface area contributed by atoms with Crippen molar-refractivity contribution in [1.29, 1.82) is 0 Å². The number of amides is 2. The molecule has 3 atom stereocenters. The molecule has 27 heavy (non-hydrogen) atoms. The fourth-order valence-corrected chi connectivity index (χ4v) is 5.65. The summed E-state index contributed by atoms with van der Waals surface area (Å²) in [6.07, 6.45) is 0.236. The van der Waals surface area contributed by atoms with Crippen LogP contribution in [0.1, 0.15) is 20.3 Å². The summed E-state index contributed by atoms with van der Waals surface area (Å²) in [4.78, 5) is 38.0. The molecule has 2 aliphatic rings. The number of carboxylic acid groups (broad SMARTS) is 1. The van der Waals surface area contributed by atoms with Gasteiger partial charge < -0.3 is 25.2 Å². The van der Waals surface area contributed by atoms with Crippen LogP contribution < -0.4 is 40.0 Å². The maximum absolute atomic E-state index is 12.3. The average Bonchev–Trinajstić information content (AvgIpc) is 2.83. The molecule has 0 aromatic heterocycles. The molecule has 0 unspecified atom stereocenters. The van der Waals surface area contributed by atoms with E-state index in [1.165, 1.54) is 28.4 Å². The molecule has 140 valence electrons. The molecule has 2 heterocycles. The number of hydrogen-bond acceptors (Lipinski definition) is 7. The number of fused-ring (bicyclic) bond motifs is 1. The van der Waals surface area contributed by atoms with Crippen molar-refractivity contribution in [3.63, 3.8) is 0 Å². The second-order valence-electron chi connectivity index (χ2n) is 6.72. The van der Waals surface area contributed by atoms with Crippen molar-refractivity contribution in [3.8, 4) is 5.75 Å². The zero-order valence-electron chi connectivity index (χ0n) is 15.3. The van der Waals surface area contributed by atoms with Crippen LogP contribution in [0, 0.1) is 0 Å². The summed E-state index contributed by atoms with van der Waals surface area (Å²) < 4.78 is -0.659. The molecule has 0 radical (unpaired) electrons. The Labute approximate surface area is 187 Å². The fraction of sp³-hybridized carbons (Fsp3) is 0.471. The number of phenolic OH excluding ortho intramolecular Hbond substituents is 1. The molecule has 2 saturated heterocycles. The first-order valence-corrected chi connectivity index (χ1v) is 9.99. The number of phenols is 1. The van der Waals surface area contributed by atoms with Gasteiger partial charge in [0.2, 0.25) is 11.8 Å². The molecule has 1 aromatic carbocycles. The first-order chi connectivity index (χ1) is 12.2. The normalized spacial score (nSPS) is 25.2. The van der Waals surface area contributed by atoms with Crippen molar-refractivity contribution in [2.75, 3.05) is 5.75 Å². The maximum atomic E-state index is 12.3. The van der Waals surface area contributed by atoms with Crippen LogP contribution in [0.25, 0.3) is 0 Å². The van der Waals surface area contributed by atoms with E-state index in [1.54, 1.807) is 38.1 Å². The summed E-state index contributed by atoms with van der Waals surface area (Å²) in [5.74, 6) is -1.17. The average molecular weight is 418 g/mol. The van der Waals surface area contributed by atoms with Crippen molar-refractivity contribution in [3.05, 3.63) is 24.3 Å². The van der Waals surface area contributed by atoms with Crippen molar-refractivity contribution in [2.45, 2.75) is 47.4 Å². The van der Waals surface area contributed by atoms with Crippen LogP contribution in [0.4, 0.5) is 0 Å². The number of nitrogens with one attached hydrogen (secondary N) is 1. The molecule has 2 fully saturated rings. The molecule has 0 spiro atoms. The molecule has 0 bridgehead atoms. The number of β-lactam (4-membered cyclic amide) rings is 1. The van der Waals surface area contributed by atoms with Gasteiger partial charge in [0.15, 0.2) is 0 Å². The minimum Gasteiger partial charge on any atom is -0.548 e. The summed E-state index contributed by atoms with van der Waals surface area (Å²) in [5, 5.41) is 22.9. The number of rotatable bonds is 6. The topological polar surface area (TPSA) is 110 Å². The first kappa shape index (κ1) is 22.4. The quantitative estimate of drug-likeness (QED) is 0.291. The van der Waals surface area contributed by atoms with E-state index in [-0.39, 0.29) is 58.9 Å². The molecule has 0 aliphatic carbocycles. The van der Waals surface area contributed by atoms with Crippen LogP contribution in [0.5, 0.6) is 5.75 Å². The Hall–Kier alpha value is -0.870. The van der Waals surface area contributed by atoms with E-state index in [0.717, 1.165) is 4.90 Å². The van der Waals surface area contributed by atoms with E-state index in [1.807, 2.05) is 0 Å². The van der Waals surface area contributed by atoms with E-state index in [0.29, 0.717) is 5.75 Å². The predicted octanol–water partition coefficient (Wildman–Crippen LogP) is -2.82. The minimum absolute atomic E-state index is 0. The Balaban J connectivity index is 0.00000261. The van der Waals surface area contributed by atoms with Crippen molar-refractivity contribution in [1.82, 2.24) is 10.2 Å². The standard InChI is InChI=1S/C17H20N2O5S2.Na/c1-17(2)13(16(23)24)19-14(22)12(15(19)26-17)18-11(21)7-8-25-10-5-3-9(20)4-6-10;/h3-6,12-13,15,20H,7-8H2,1-2H3,(H,18,21)(H,23,24);/q;+1/p-1/t12-,13+,15-;/m1./s1. The van der Waals surface area contributed by atoms with Crippen LogP contribution >= 0.6 is 23.5 Å². The predicted molar refractivity (Wildman–Crippen MR) is 96.5 cm³/mol. The number of carboxylic acids is 1. The van der Waals surface area contributed by atoms with Crippen LogP contribution in [0.3, 0.4) is 0 Å². The van der Waals surface area contributed by atoms with Gasteiger partial charge in [-0.15, -0.1) is 23.5 Å². The number of carbonyl (C=O) groups is 3. The van der Waals surface area contributed by atoms with Crippen LogP contribution in [0.15, 0.2) is 29.2 Å². The van der Waals surface area contributed by atoms with Gasteiger partial charge >= 0.3 is 29.6 Å². The van der Waals surface area contributed by atoms with E-state index in [4.69, 9.17) is 0 Å². The van der Waals surface area contributed by atoms with Crippen molar-refractivity contribution >= 4 is 41.3 Å².